The van der Waals surface area contributed by atoms with Crippen molar-refractivity contribution in [3.63, 3.8) is 0 Å². The molecule has 1 saturated heterocycles. The van der Waals surface area contributed by atoms with Crippen molar-refractivity contribution in [1.82, 2.24) is 0 Å². The van der Waals surface area contributed by atoms with E-state index >= 15 is 0 Å². The van der Waals surface area contributed by atoms with Crippen molar-refractivity contribution in [3.05, 3.63) is 22.7 Å². The standard InChI is InChI=1S/C10H13BrN2O/c11-9-5-7(12)1-2-10(9)13-8-3-4-14-6-8/h1-2,5,8,13H,3-4,6,12H2. The Kier molecular flexibility index (Phi) is 2.93. The average molecular weight is 257 g/mol. The van der Waals surface area contributed by atoms with Crippen LogP contribution in [0.2, 0.25) is 0 Å². The van der Waals surface area contributed by atoms with Crippen LogP contribution in [0.25, 0.3) is 0 Å². The van der Waals surface area contributed by atoms with Crippen molar-refractivity contribution < 1.29 is 4.74 Å². The summed E-state index contributed by atoms with van der Waals surface area (Å²) in [4.78, 5) is 0. The molecule has 1 fully saturated rings. The van der Waals surface area contributed by atoms with Crippen LogP contribution in [0.15, 0.2) is 22.7 Å². The minimum absolute atomic E-state index is 0.426. The van der Waals surface area contributed by atoms with Gasteiger partial charge in [-0.1, -0.05) is 0 Å². The van der Waals surface area contributed by atoms with Crippen molar-refractivity contribution in [1.29, 1.82) is 0 Å². The van der Waals surface area contributed by atoms with Crippen molar-refractivity contribution >= 4 is 27.3 Å². The molecule has 14 heavy (non-hydrogen) atoms. The molecule has 0 bridgehead atoms. The monoisotopic (exact) mass is 256 g/mol. The van der Waals surface area contributed by atoms with Crippen molar-refractivity contribution in [2.75, 3.05) is 24.3 Å². The second-order valence-corrected chi connectivity index (χ2v) is 4.30. The highest BCUT2D eigenvalue weighted by atomic mass is 79.9. The van der Waals surface area contributed by atoms with E-state index in [4.69, 9.17) is 10.5 Å². The Hall–Kier alpha value is -0.740. The maximum absolute atomic E-state index is 5.65. The molecule has 3 N–H and O–H groups in total. The number of nitrogens with two attached hydrogens (primary N) is 1. The van der Waals surface area contributed by atoms with Gasteiger partial charge in [-0.05, 0) is 40.5 Å². The van der Waals surface area contributed by atoms with Gasteiger partial charge < -0.3 is 15.8 Å². The maximum atomic E-state index is 5.65. The first-order chi connectivity index (χ1) is 6.75. The number of rotatable bonds is 2. The molecule has 1 aromatic carbocycles. The second-order valence-electron chi connectivity index (χ2n) is 3.44. The molecule has 1 heterocycles. The van der Waals surface area contributed by atoms with Gasteiger partial charge in [0.1, 0.15) is 0 Å². The lowest BCUT2D eigenvalue weighted by Crippen LogP contribution is -2.19. The van der Waals surface area contributed by atoms with Gasteiger partial charge >= 0.3 is 0 Å². The molecule has 0 aliphatic carbocycles. The first-order valence-corrected chi connectivity index (χ1v) is 5.44. The minimum atomic E-state index is 0.426. The highest BCUT2D eigenvalue weighted by Gasteiger charge is 2.15. The van der Waals surface area contributed by atoms with E-state index < -0.39 is 0 Å². The van der Waals surface area contributed by atoms with E-state index in [9.17, 15) is 0 Å². The molecular weight excluding hydrogens is 244 g/mol. The summed E-state index contributed by atoms with van der Waals surface area (Å²) < 4.78 is 6.29. The van der Waals surface area contributed by atoms with Crippen molar-refractivity contribution in [2.45, 2.75) is 12.5 Å². The van der Waals surface area contributed by atoms with Crippen LogP contribution < -0.4 is 11.1 Å². The van der Waals surface area contributed by atoms with Crippen LogP contribution in [-0.2, 0) is 4.74 Å². The minimum Gasteiger partial charge on any atom is -0.399 e. The van der Waals surface area contributed by atoms with Crippen LogP contribution in [-0.4, -0.2) is 19.3 Å². The quantitative estimate of drug-likeness (QED) is 0.799. The maximum Gasteiger partial charge on any atom is 0.0668 e. The van der Waals surface area contributed by atoms with Crippen LogP contribution >= 0.6 is 15.9 Å². The Balaban J connectivity index is 2.08. The lowest BCUT2D eigenvalue weighted by Gasteiger charge is -2.13. The molecule has 3 nitrogen and oxygen atoms in total. The van der Waals surface area contributed by atoms with Gasteiger partial charge in [0.2, 0.25) is 0 Å². The van der Waals surface area contributed by atoms with Crippen molar-refractivity contribution in [3.8, 4) is 0 Å². The van der Waals surface area contributed by atoms with Gasteiger partial charge in [-0.25, -0.2) is 0 Å². The molecule has 2 rings (SSSR count). The number of hydrogen-bond acceptors (Lipinski definition) is 3. The topological polar surface area (TPSA) is 47.3 Å². The summed E-state index contributed by atoms with van der Waals surface area (Å²) in [5.41, 5.74) is 7.50. The first-order valence-electron chi connectivity index (χ1n) is 4.65. The van der Waals surface area contributed by atoms with Gasteiger partial charge in [-0.3, -0.25) is 0 Å². The average Bonchev–Trinajstić information content (AvgIpc) is 2.62. The second kappa shape index (κ2) is 4.19. The normalized spacial score (nSPS) is 21.1. The van der Waals surface area contributed by atoms with Crippen LogP contribution in [0.5, 0.6) is 0 Å². The lowest BCUT2D eigenvalue weighted by atomic mass is 10.2. The molecule has 0 saturated carbocycles. The largest absolute Gasteiger partial charge is 0.399 e. The van der Waals surface area contributed by atoms with Gasteiger partial charge in [0.25, 0.3) is 0 Å². The first kappa shape index (κ1) is 9.80. The third-order valence-corrected chi connectivity index (χ3v) is 2.94. The summed E-state index contributed by atoms with van der Waals surface area (Å²) in [6.07, 6.45) is 1.07. The van der Waals surface area contributed by atoms with Crippen molar-refractivity contribution in [2.24, 2.45) is 0 Å². The number of nitrogens with one attached hydrogen (secondary N) is 1. The summed E-state index contributed by atoms with van der Waals surface area (Å²) in [7, 11) is 0. The predicted molar refractivity (Wildman–Crippen MR) is 61.4 cm³/mol. The van der Waals surface area contributed by atoms with Crippen LogP contribution in [0.3, 0.4) is 0 Å². The Morgan fingerprint density at radius 2 is 2.36 bits per heavy atom. The number of anilines is 2. The fraction of sp³-hybridized carbons (Fsp3) is 0.400. The zero-order chi connectivity index (χ0) is 9.97. The summed E-state index contributed by atoms with van der Waals surface area (Å²) >= 11 is 3.47. The van der Waals surface area contributed by atoms with E-state index in [1.165, 1.54) is 0 Å². The molecule has 1 aliphatic rings. The smallest absolute Gasteiger partial charge is 0.0668 e. The van der Waals surface area contributed by atoms with E-state index in [-0.39, 0.29) is 0 Å². The summed E-state index contributed by atoms with van der Waals surface area (Å²) in [5.74, 6) is 0. The van der Waals surface area contributed by atoms with E-state index in [1.54, 1.807) is 0 Å². The zero-order valence-corrected chi connectivity index (χ0v) is 9.38. The van der Waals surface area contributed by atoms with E-state index in [0.717, 1.165) is 35.5 Å². The van der Waals surface area contributed by atoms with Gasteiger partial charge in [-0.15, -0.1) is 0 Å². The zero-order valence-electron chi connectivity index (χ0n) is 7.79. The Labute approximate surface area is 91.8 Å². The lowest BCUT2D eigenvalue weighted by molar-refractivity contribution is 0.195. The van der Waals surface area contributed by atoms with E-state index in [0.29, 0.717) is 6.04 Å². The number of ether oxygens (including phenoxy) is 1. The summed E-state index contributed by atoms with van der Waals surface area (Å²) in [5, 5.41) is 3.41. The molecule has 76 valence electrons. The summed E-state index contributed by atoms with van der Waals surface area (Å²) in [6.45, 7) is 1.64. The van der Waals surface area contributed by atoms with Gasteiger partial charge in [0.15, 0.2) is 0 Å². The summed E-state index contributed by atoms with van der Waals surface area (Å²) in [6, 6.07) is 6.20. The molecule has 0 radical (unpaired) electrons. The molecule has 4 heteroatoms. The van der Waals surface area contributed by atoms with Crippen LogP contribution in [0.4, 0.5) is 11.4 Å². The highest BCUT2D eigenvalue weighted by Crippen LogP contribution is 2.26. The molecule has 1 aliphatic heterocycles. The van der Waals surface area contributed by atoms with Gasteiger partial charge in [-0.2, -0.15) is 0 Å². The fourth-order valence-corrected chi connectivity index (χ4v) is 2.03. The Bertz CT molecular complexity index is 324. The SMILES string of the molecule is Nc1ccc(NC2CCOC2)c(Br)c1. The fourth-order valence-electron chi connectivity index (χ4n) is 1.52. The van der Waals surface area contributed by atoms with Gasteiger partial charge in [0, 0.05) is 22.5 Å². The molecule has 1 atom stereocenters. The Morgan fingerprint density at radius 1 is 1.50 bits per heavy atom. The van der Waals surface area contributed by atoms with E-state index in [1.807, 2.05) is 18.2 Å². The van der Waals surface area contributed by atoms with Crippen LogP contribution in [0, 0.1) is 0 Å². The molecular formula is C10H13BrN2O. The number of halogens is 1. The molecule has 1 aromatic rings. The highest BCUT2D eigenvalue weighted by molar-refractivity contribution is 9.10. The predicted octanol–water partition coefficient (Wildman–Crippen LogP) is 2.23. The van der Waals surface area contributed by atoms with Crippen LogP contribution in [0.1, 0.15) is 6.42 Å². The third-order valence-electron chi connectivity index (χ3n) is 2.28. The van der Waals surface area contributed by atoms with Gasteiger partial charge in [0.05, 0.1) is 12.6 Å². The number of hydrogen-bond donors (Lipinski definition) is 2. The Morgan fingerprint density at radius 3 is 3.00 bits per heavy atom. The number of nitrogen functional groups attached to an aromatic ring is 1. The number of benzene rings is 1. The third kappa shape index (κ3) is 2.19. The molecule has 1 unspecified atom stereocenters. The molecule has 0 aromatic heterocycles. The molecule has 0 spiro atoms. The molecule has 0 amide bonds. The van der Waals surface area contributed by atoms with E-state index in [2.05, 4.69) is 21.2 Å².